The predicted octanol–water partition coefficient (Wildman–Crippen LogP) is 3.49. The number of likely N-dealkylation sites (tertiary alicyclic amines) is 1. The van der Waals surface area contributed by atoms with E-state index < -0.39 is 11.7 Å². The molecule has 1 amide bonds. The summed E-state index contributed by atoms with van der Waals surface area (Å²) in [5.74, 6) is 0.589. The third kappa shape index (κ3) is 6.09. The van der Waals surface area contributed by atoms with E-state index in [-0.39, 0.29) is 24.1 Å². The number of aromatic amines is 1. The molecule has 0 bridgehead atoms. The molecule has 10 nitrogen and oxygen atoms in total. The van der Waals surface area contributed by atoms with Gasteiger partial charge in [0.1, 0.15) is 5.82 Å². The summed E-state index contributed by atoms with van der Waals surface area (Å²) in [4.78, 5) is 28.9. The van der Waals surface area contributed by atoms with Crippen molar-refractivity contribution < 1.29 is 22.7 Å². The van der Waals surface area contributed by atoms with Crippen molar-refractivity contribution in [1.82, 2.24) is 30.0 Å². The van der Waals surface area contributed by atoms with E-state index in [0.29, 0.717) is 61.6 Å². The molecule has 0 spiro atoms. The number of ether oxygens (including phenoxy) is 1. The Bertz CT molecular complexity index is 1390. The van der Waals surface area contributed by atoms with Gasteiger partial charge >= 0.3 is 12.2 Å². The average molecular weight is 573 g/mol. The molecule has 6 rings (SSSR count). The number of hydrogen-bond donors (Lipinski definition) is 1. The third-order valence-corrected chi connectivity index (χ3v) is 7.82. The zero-order chi connectivity index (χ0) is 29.1. The number of anilines is 2. The van der Waals surface area contributed by atoms with E-state index in [0.717, 1.165) is 11.6 Å². The van der Waals surface area contributed by atoms with Crippen molar-refractivity contribution in [1.29, 1.82) is 0 Å². The van der Waals surface area contributed by atoms with Crippen LogP contribution in [0.5, 0.6) is 6.01 Å². The number of carbonyl (C=O) groups excluding carboxylic acids is 1. The molecule has 41 heavy (non-hydrogen) atoms. The largest absolute Gasteiger partial charge is 0.467 e. The fourth-order valence-electron chi connectivity index (χ4n) is 5.65. The molecular weight excluding hydrogens is 537 g/mol. The van der Waals surface area contributed by atoms with Crippen LogP contribution in [0.1, 0.15) is 29.7 Å². The van der Waals surface area contributed by atoms with Crippen molar-refractivity contribution in [3.63, 3.8) is 0 Å². The lowest BCUT2D eigenvalue weighted by Gasteiger charge is -2.38. The zero-order valence-corrected chi connectivity index (χ0v) is 23.4. The van der Waals surface area contributed by atoms with Gasteiger partial charge in [0.2, 0.25) is 5.91 Å². The summed E-state index contributed by atoms with van der Waals surface area (Å²) in [6.07, 6.45) is 1.50. The number of aromatic nitrogens is 4. The van der Waals surface area contributed by atoms with E-state index in [9.17, 15) is 18.0 Å². The number of nitrogens with one attached hydrogen (secondary N) is 1. The summed E-state index contributed by atoms with van der Waals surface area (Å²) in [6.45, 7) is 8.90. The normalized spacial score (nSPS) is 17.7. The smallest absolute Gasteiger partial charge is 0.418 e. The molecule has 0 atom stereocenters. The Morgan fingerprint density at radius 1 is 1.05 bits per heavy atom. The molecule has 0 saturated carbocycles. The Labute approximate surface area is 236 Å². The number of nitrogens with zero attached hydrogens (tertiary/aromatic N) is 7. The highest BCUT2D eigenvalue weighted by atomic mass is 19.4. The van der Waals surface area contributed by atoms with E-state index in [1.807, 2.05) is 0 Å². The second kappa shape index (κ2) is 11.9. The Hall–Kier alpha value is -3.87. The van der Waals surface area contributed by atoms with Gasteiger partial charge < -0.3 is 24.3 Å². The van der Waals surface area contributed by atoms with Crippen molar-refractivity contribution in [2.45, 2.75) is 32.0 Å². The van der Waals surface area contributed by atoms with Crippen LogP contribution in [0.4, 0.5) is 24.7 Å². The highest BCUT2D eigenvalue weighted by Crippen LogP contribution is 2.42. The second-order valence-electron chi connectivity index (χ2n) is 10.4. The minimum Gasteiger partial charge on any atom is -0.467 e. The Kier molecular flexibility index (Phi) is 8.34. The molecule has 220 valence electrons. The Morgan fingerprint density at radius 3 is 2.39 bits per heavy atom. The lowest BCUT2D eigenvalue weighted by atomic mass is 10.0. The number of alkyl halides is 3. The zero-order valence-electron chi connectivity index (χ0n) is 23.4. The van der Waals surface area contributed by atoms with Gasteiger partial charge in [-0.25, -0.2) is 0 Å². The van der Waals surface area contributed by atoms with Gasteiger partial charge in [-0.3, -0.25) is 9.89 Å². The van der Waals surface area contributed by atoms with Crippen molar-refractivity contribution in [3.05, 3.63) is 47.8 Å². The van der Waals surface area contributed by atoms with Gasteiger partial charge in [-0.2, -0.15) is 28.2 Å². The molecule has 0 unspecified atom stereocenters. The number of hydrogen-bond acceptors (Lipinski definition) is 8. The van der Waals surface area contributed by atoms with E-state index in [1.54, 1.807) is 9.80 Å². The summed E-state index contributed by atoms with van der Waals surface area (Å²) in [5.41, 5.74) is 1.42. The van der Waals surface area contributed by atoms with Crippen molar-refractivity contribution in [2.24, 2.45) is 0 Å². The molecule has 3 aliphatic rings. The third-order valence-electron chi connectivity index (χ3n) is 7.82. The SMILES string of the molecule is C=CC(=O)N1CCN(c2nc(OC)nc3c2CCN(c2c(C(F)(F)F)ccc4[nH]ncc24)C3)CC1.CN1CCCC1. The number of halogens is 3. The number of amides is 1. The van der Waals surface area contributed by atoms with Crippen LogP contribution in [-0.4, -0.2) is 95.8 Å². The van der Waals surface area contributed by atoms with Crippen LogP contribution in [-0.2, 0) is 23.9 Å². The molecule has 5 heterocycles. The monoisotopic (exact) mass is 572 g/mol. The van der Waals surface area contributed by atoms with Crippen molar-refractivity contribution in [3.8, 4) is 6.01 Å². The maximum Gasteiger partial charge on any atom is 0.418 e. The minimum absolute atomic E-state index is 0.0880. The van der Waals surface area contributed by atoms with Crippen LogP contribution in [0.3, 0.4) is 0 Å². The lowest BCUT2D eigenvalue weighted by Crippen LogP contribution is -2.49. The minimum atomic E-state index is -4.52. The van der Waals surface area contributed by atoms with E-state index in [2.05, 4.69) is 43.6 Å². The van der Waals surface area contributed by atoms with Crippen LogP contribution in [0, 0.1) is 0 Å². The molecule has 13 heteroatoms. The molecule has 0 aliphatic carbocycles. The van der Waals surface area contributed by atoms with Crippen molar-refractivity contribution >= 4 is 28.3 Å². The summed E-state index contributed by atoms with van der Waals surface area (Å²) < 4.78 is 47.1. The topological polar surface area (TPSA) is 93.7 Å². The number of methoxy groups -OCH3 is 1. The molecule has 1 aromatic carbocycles. The first kappa shape index (κ1) is 28.7. The average Bonchev–Trinajstić information content (AvgIpc) is 3.66. The van der Waals surface area contributed by atoms with Gasteiger partial charge in [-0.1, -0.05) is 6.58 Å². The highest BCUT2D eigenvalue weighted by Gasteiger charge is 2.37. The Balaban J connectivity index is 0.000000500. The van der Waals surface area contributed by atoms with Gasteiger partial charge in [0.15, 0.2) is 0 Å². The van der Waals surface area contributed by atoms with Crippen molar-refractivity contribution in [2.75, 3.05) is 69.8 Å². The van der Waals surface area contributed by atoms with E-state index in [1.165, 1.54) is 51.4 Å². The molecule has 3 aliphatic heterocycles. The summed E-state index contributed by atoms with van der Waals surface area (Å²) in [6, 6.07) is 2.64. The van der Waals surface area contributed by atoms with E-state index >= 15 is 0 Å². The van der Waals surface area contributed by atoms with Crippen LogP contribution in [0.15, 0.2) is 31.0 Å². The standard InChI is InChI=1S/C23H24F3N7O2.C5H11N/c1-3-19(34)31-8-10-32(11-9-31)21-14-6-7-33(13-18(14)28-22(29-21)35-2)20-15-12-27-30-17(15)5-4-16(20)23(24,25)26;1-6-4-2-3-5-6/h3-5,12H,1,6-11,13H2,2H3,(H,27,30);2-5H2,1H3. The van der Waals surface area contributed by atoms with Gasteiger partial charge in [-0.05, 0) is 57.6 Å². The van der Waals surface area contributed by atoms with Crippen LogP contribution >= 0.6 is 0 Å². The second-order valence-corrected chi connectivity index (χ2v) is 10.4. The van der Waals surface area contributed by atoms with Crippen LogP contribution in [0.2, 0.25) is 0 Å². The summed E-state index contributed by atoms with van der Waals surface area (Å²) >= 11 is 0. The maximum absolute atomic E-state index is 13.9. The molecule has 3 aromatic rings. The van der Waals surface area contributed by atoms with Gasteiger partial charge in [0.05, 0.1) is 42.3 Å². The fraction of sp³-hybridized carbons (Fsp3) is 0.500. The first-order chi connectivity index (χ1) is 19.7. The first-order valence-corrected chi connectivity index (χ1v) is 13.8. The maximum atomic E-state index is 13.9. The molecule has 1 N–H and O–H groups in total. The summed E-state index contributed by atoms with van der Waals surface area (Å²) in [7, 11) is 3.63. The molecule has 2 fully saturated rings. The Morgan fingerprint density at radius 2 is 1.78 bits per heavy atom. The predicted molar refractivity (Wildman–Crippen MR) is 150 cm³/mol. The number of carbonyl (C=O) groups is 1. The molecular formula is C28H35F3N8O2. The quantitative estimate of drug-likeness (QED) is 0.475. The van der Waals surface area contributed by atoms with Gasteiger partial charge in [0, 0.05) is 43.7 Å². The number of piperazine rings is 1. The number of fused-ring (bicyclic) bond motifs is 2. The number of H-pyrrole nitrogens is 1. The lowest BCUT2D eigenvalue weighted by molar-refractivity contribution is -0.137. The van der Waals surface area contributed by atoms with E-state index in [4.69, 9.17) is 4.74 Å². The van der Waals surface area contributed by atoms with Gasteiger partial charge in [-0.15, -0.1) is 0 Å². The van der Waals surface area contributed by atoms with Crippen LogP contribution in [0.25, 0.3) is 10.9 Å². The molecule has 2 saturated heterocycles. The first-order valence-electron chi connectivity index (χ1n) is 13.8. The van der Waals surface area contributed by atoms with Gasteiger partial charge in [0.25, 0.3) is 0 Å². The molecule has 0 radical (unpaired) electrons. The number of rotatable bonds is 4. The number of benzene rings is 1. The molecule has 2 aromatic heterocycles. The highest BCUT2D eigenvalue weighted by molar-refractivity contribution is 5.94. The fourth-order valence-corrected chi connectivity index (χ4v) is 5.65. The van der Waals surface area contributed by atoms with Crippen LogP contribution < -0.4 is 14.5 Å². The summed E-state index contributed by atoms with van der Waals surface area (Å²) in [5, 5.41) is 7.11.